The molecular weight excluding hydrogens is 803 g/mol. The van der Waals surface area contributed by atoms with Crippen LogP contribution in [0.5, 0.6) is 0 Å². The fourth-order valence-corrected chi connectivity index (χ4v) is 6.48. The number of likely N-dealkylation sites (N-methyl/N-ethyl adjacent to an activating group) is 1. The molecule has 0 aromatic carbocycles. The Hall–Kier alpha value is -3.53. The Kier molecular flexibility index (Phi) is 43.5. The summed E-state index contributed by atoms with van der Waals surface area (Å²) < 4.78 is 22.7. The molecule has 2 unspecified atom stereocenters. The van der Waals surface area contributed by atoms with Crippen LogP contribution in [0.3, 0.4) is 0 Å². The van der Waals surface area contributed by atoms with Crippen molar-refractivity contribution in [2.45, 2.75) is 200 Å². The smallest absolute Gasteiger partial charge is 0.361 e. The van der Waals surface area contributed by atoms with Crippen LogP contribution in [0.15, 0.2) is 85.1 Å². The summed E-state index contributed by atoms with van der Waals surface area (Å²) in [6.07, 6.45) is 56.5. The highest BCUT2D eigenvalue weighted by Crippen LogP contribution is 2.13. The number of unbranched alkanes of at least 4 members (excludes halogenated alkanes) is 16. The van der Waals surface area contributed by atoms with Crippen molar-refractivity contribution in [3.05, 3.63) is 85.1 Å². The summed E-state index contributed by atoms with van der Waals surface area (Å²) in [6, 6.07) is 0. The average Bonchev–Trinajstić information content (AvgIpc) is 3.26. The molecule has 0 heterocycles. The molecule has 0 amide bonds. The molecule has 0 saturated carbocycles. The van der Waals surface area contributed by atoms with E-state index < -0.39 is 24.3 Å². The van der Waals surface area contributed by atoms with Gasteiger partial charge in [0.05, 0.1) is 34.4 Å². The molecule has 64 heavy (non-hydrogen) atoms. The number of carbonyl (C=O) groups is 3. The molecule has 0 aliphatic carbocycles. The molecular formula is C55H94NO8+. The number of carbonyl (C=O) groups excluding carboxylic acids is 2. The van der Waals surface area contributed by atoms with Crippen molar-refractivity contribution in [1.82, 2.24) is 0 Å². The molecule has 0 radical (unpaired) electrons. The van der Waals surface area contributed by atoms with Gasteiger partial charge in [-0.15, -0.1) is 0 Å². The normalized spacial score (nSPS) is 13.6. The maximum atomic E-state index is 12.8. The first-order valence-electron chi connectivity index (χ1n) is 25.3. The molecule has 9 heteroatoms. The second kappa shape index (κ2) is 46.0. The lowest BCUT2D eigenvalue weighted by Gasteiger charge is -2.25. The number of quaternary nitrogens is 1. The van der Waals surface area contributed by atoms with E-state index in [9.17, 15) is 19.5 Å². The van der Waals surface area contributed by atoms with E-state index in [1.807, 2.05) is 21.1 Å². The van der Waals surface area contributed by atoms with Crippen molar-refractivity contribution in [3.8, 4) is 0 Å². The van der Waals surface area contributed by atoms with Crippen LogP contribution in [0.25, 0.3) is 0 Å². The number of allylic oxidation sites excluding steroid dienone is 14. The van der Waals surface area contributed by atoms with Crippen LogP contribution in [0.1, 0.15) is 187 Å². The van der Waals surface area contributed by atoms with Gasteiger partial charge in [0.2, 0.25) is 0 Å². The molecule has 0 aliphatic heterocycles. The first-order valence-corrected chi connectivity index (χ1v) is 25.3. The molecule has 2 atom stereocenters. The number of esters is 2. The predicted octanol–water partition coefficient (Wildman–Crippen LogP) is 14.1. The molecule has 0 saturated heterocycles. The number of ether oxygens (including phenoxy) is 4. The zero-order chi connectivity index (χ0) is 47.0. The van der Waals surface area contributed by atoms with E-state index in [2.05, 4.69) is 98.9 Å². The number of rotatable bonds is 45. The number of aliphatic carboxylic acids is 1. The van der Waals surface area contributed by atoms with Crippen LogP contribution < -0.4 is 0 Å². The summed E-state index contributed by atoms with van der Waals surface area (Å²) in [5.41, 5.74) is 0. The average molecular weight is 897 g/mol. The Morgan fingerprint density at radius 3 is 1.38 bits per heavy atom. The van der Waals surface area contributed by atoms with Gasteiger partial charge in [-0.25, -0.2) is 4.79 Å². The lowest BCUT2D eigenvalue weighted by atomic mass is 10.1. The summed E-state index contributed by atoms with van der Waals surface area (Å²) in [5.74, 6) is -2.08. The zero-order valence-electron chi connectivity index (χ0n) is 41.4. The highest BCUT2D eigenvalue weighted by atomic mass is 16.7. The number of hydrogen-bond acceptors (Lipinski definition) is 7. The van der Waals surface area contributed by atoms with Gasteiger partial charge in [0.1, 0.15) is 13.2 Å². The molecule has 366 valence electrons. The van der Waals surface area contributed by atoms with Gasteiger partial charge in [-0.2, -0.15) is 0 Å². The van der Waals surface area contributed by atoms with E-state index in [1.165, 1.54) is 70.6 Å². The Balaban J connectivity index is 4.47. The molecule has 0 rings (SSSR count). The van der Waals surface area contributed by atoms with Crippen LogP contribution >= 0.6 is 0 Å². The molecule has 0 aliphatic rings. The van der Waals surface area contributed by atoms with Crippen LogP contribution in [0.2, 0.25) is 0 Å². The van der Waals surface area contributed by atoms with Crippen LogP contribution in [-0.2, 0) is 33.3 Å². The Labute approximate surface area is 391 Å². The van der Waals surface area contributed by atoms with E-state index in [-0.39, 0.29) is 38.6 Å². The van der Waals surface area contributed by atoms with Gasteiger partial charge < -0.3 is 28.5 Å². The lowest BCUT2D eigenvalue weighted by molar-refractivity contribution is -0.870. The van der Waals surface area contributed by atoms with Crippen molar-refractivity contribution in [2.75, 3.05) is 47.5 Å². The van der Waals surface area contributed by atoms with E-state index in [0.717, 1.165) is 83.5 Å². The molecule has 0 aromatic rings. The minimum Gasteiger partial charge on any atom is -0.477 e. The Morgan fingerprint density at radius 2 is 0.891 bits per heavy atom. The number of hydrogen-bond donors (Lipinski definition) is 1. The lowest BCUT2D eigenvalue weighted by Crippen LogP contribution is -2.40. The summed E-state index contributed by atoms with van der Waals surface area (Å²) >= 11 is 0. The largest absolute Gasteiger partial charge is 0.477 e. The molecule has 9 nitrogen and oxygen atoms in total. The minimum absolute atomic E-state index is 0.174. The molecule has 0 fully saturated rings. The number of carboxylic acids is 1. The van der Waals surface area contributed by atoms with Gasteiger partial charge in [-0.1, -0.05) is 170 Å². The molecule has 0 bridgehead atoms. The maximum absolute atomic E-state index is 12.8. The number of carboxylic acid groups (broad SMARTS) is 1. The van der Waals surface area contributed by atoms with E-state index in [0.29, 0.717) is 17.4 Å². The second-order valence-electron chi connectivity index (χ2n) is 17.7. The number of nitrogens with zero attached hydrogens (tertiary/aromatic N) is 1. The summed E-state index contributed by atoms with van der Waals surface area (Å²) in [6.45, 7) is 4.69. The van der Waals surface area contributed by atoms with Crippen molar-refractivity contribution < 1.29 is 42.9 Å². The summed E-state index contributed by atoms with van der Waals surface area (Å²) in [5, 5.41) is 9.66. The topological polar surface area (TPSA) is 108 Å². The van der Waals surface area contributed by atoms with Crippen molar-refractivity contribution in [2.24, 2.45) is 0 Å². The van der Waals surface area contributed by atoms with E-state index in [4.69, 9.17) is 18.9 Å². The summed E-state index contributed by atoms with van der Waals surface area (Å²) in [4.78, 5) is 37.3. The monoisotopic (exact) mass is 897 g/mol. The third-order valence-electron chi connectivity index (χ3n) is 10.4. The van der Waals surface area contributed by atoms with Gasteiger partial charge in [0.15, 0.2) is 6.10 Å². The molecule has 1 N–H and O–H groups in total. The van der Waals surface area contributed by atoms with E-state index >= 15 is 0 Å². The third kappa shape index (κ3) is 46.5. The predicted molar refractivity (Wildman–Crippen MR) is 267 cm³/mol. The maximum Gasteiger partial charge on any atom is 0.361 e. The third-order valence-corrected chi connectivity index (χ3v) is 10.4. The van der Waals surface area contributed by atoms with Gasteiger partial charge in [-0.05, 0) is 89.9 Å². The van der Waals surface area contributed by atoms with Crippen molar-refractivity contribution in [1.29, 1.82) is 0 Å². The van der Waals surface area contributed by atoms with Crippen molar-refractivity contribution in [3.63, 3.8) is 0 Å². The fourth-order valence-electron chi connectivity index (χ4n) is 6.48. The van der Waals surface area contributed by atoms with Gasteiger partial charge in [-0.3, -0.25) is 9.59 Å². The van der Waals surface area contributed by atoms with Gasteiger partial charge in [0.25, 0.3) is 6.29 Å². The van der Waals surface area contributed by atoms with Crippen LogP contribution in [0.4, 0.5) is 0 Å². The molecule has 0 spiro atoms. The van der Waals surface area contributed by atoms with Gasteiger partial charge in [0, 0.05) is 12.8 Å². The SMILES string of the molecule is CC/C=C\C/C=C\C/C=C\C/C=C\C/C=C\C/C=C\CCCCC(=O)OC(COC(=O)CCCCCCCCC/C=C\CCCCCCCCC)COC(OCC[N+](C)(C)C)C(=O)O. The van der Waals surface area contributed by atoms with Gasteiger partial charge >= 0.3 is 17.9 Å². The highest BCUT2D eigenvalue weighted by Gasteiger charge is 2.25. The quantitative estimate of drug-likeness (QED) is 0.0212. The first kappa shape index (κ1) is 60.5. The van der Waals surface area contributed by atoms with Crippen LogP contribution in [-0.4, -0.2) is 87.4 Å². The van der Waals surface area contributed by atoms with Crippen molar-refractivity contribution >= 4 is 17.9 Å². The summed E-state index contributed by atoms with van der Waals surface area (Å²) in [7, 11) is 5.94. The Bertz CT molecular complexity index is 1320. The standard InChI is InChI=1S/C55H93NO8/c1-6-8-10-12-14-16-18-20-22-24-26-27-28-30-32-34-36-38-40-42-44-46-53(58)64-51(50-63-55(54(59)60)61-48-47-56(3,4)5)49-62-52(57)45-43-41-39-37-35-33-31-29-25-23-21-19-17-15-13-11-9-7-2/h8,10,14,16,20,22-23,25-27,30,32,36,38,51,55H,6-7,9,11-13,15,17-19,21,24,28-29,31,33-35,37,39-50H2,1-5H3/p+1/b10-8-,16-14-,22-20-,25-23-,27-26-,32-30-,38-36-. The Morgan fingerprint density at radius 1 is 0.484 bits per heavy atom. The second-order valence-corrected chi connectivity index (χ2v) is 17.7. The van der Waals surface area contributed by atoms with Crippen LogP contribution in [0, 0.1) is 0 Å². The first-order chi connectivity index (χ1) is 31.1. The highest BCUT2D eigenvalue weighted by molar-refractivity contribution is 5.71. The zero-order valence-corrected chi connectivity index (χ0v) is 41.4. The fraction of sp³-hybridized carbons (Fsp3) is 0.691. The minimum atomic E-state index is -1.53. The van der Waals surface area contributed by atoms with E-state index in [1.54, 1.807) is 0 Å². The molecule has 0 aromatic heterocycles.